The van der Waals surface area contributed by atoms with Gasteiger partial charge in [-0.05, 0) is 37.3 Å². The number of nitrogens with zero attached hydrogens (tertiary/aromatic N) is 1. The number of amides is 1. The second-order valence-electron chi connectivity index (χ2n) is 5.93. The minimum atomic E-state index is -0.203. The molecule has 1 heterocycles. The van der Waals surface area contributed by atoms with Crippen LogP contribution in [0.4, 0.5) is 4.79 Å². The number of rotatable bonds is 5. The first kappa shape index (κ1) is 15.8. The summed E-state index contributed by atoms with van der Waals surface area (Å²) in [6.45, 7) is 4.89. The number of ether oxygens (including phenoxy) is 1. The number of carbonyl (C=O) groups excluding carboxylic acids is 1. The molecule has 21 heavy (non-hydrogen) atoms. The van der Waals surface area contributed by atoms with Crippen LogP contribution >= 0.6 is 0 Å². The number of hydrogen-bond donors (Lipinski definition) is 1. The van der Waals surface area contributed by atoms with E-state index < -0.39 is 0 Å². The van der Waals surface area contributed by atoms with E-state index in [0.29, 0.717) is 12.0 Å². The Morgan fingerprint density at radius 1 is 1.33 bits per heavy atom. The van der Waals surface area contributed by atoms with E-state index in [-0.39, 0.29) is 6.09 Å². The molecule has 1 N–H and O–H groups in total. The van der Waals surface area contributed by atoms with Crippen molar-refractivity contribution < 1.29 is 9.53 Å². The van der Waals surface area contributed by atoms with E-state index in [1.54, 1.807) is 4.90 Å². The van der Waals surface area contributed by atoms with Crippen LogP contribution in [0.15, 0.2) is 30.3 Å². The lowest BCUT2D eigenvalue weighted by Gasteiger charge is -2.32. The molecule has 0 spiro atoms. The quantitative estimate of drug-likeness (QED) is 0.906. The van der Waals surface area contributed by atoms with Gasteiger partial charge in [-0.3, -0.25) is 0 Å². The van der Waals surface area contributed by atoms with Gasteiger partial charge in [0.1, 0.15) is 0 Å². The molecule has 4 heteroatoms. The lowest BCUT2D eigenvalue weighted by Crippen LogP contribution is -2.45. The fourth-order valence-electron chi connectivity index (χ4n) is 2.85. The summed E-state index contributed by atoms with van der Waals surface area (Å²) in [5.74, 6) is 0.617. The molecule has 1 amide bonds. The molecule has 2 rings (SSSR count). The topological polar surface area (TPSA) is 41.6 Å². The third kappa shape index (κ3) is 5.05. The molecule has 1 aliphatic heterocycles. The summed E-state index contributed by atoms with van der Waals surface area (Å²) in [4.78, 5) is 13.2. The molecule has 1 aromatic rings. The molecule has 0 saturated carbocycles. The predicted molar refractivity (Wildman–Crippen MR) is 84.3 cm³/mol. The van der Waals surface area contributed by atoms with Crippen LogP contribution in [-0.4, -0.2) is 43.8 Å². The monoisotopic (exact) mass is 290 g/mol. The van der Waals surface area contributed by atoms with Gasteiger partial charge in [0.15, 0.2) is 0 Å². The van der Waals surface area contributed by atoms with Gasteiger partial charge in [-0.1, -0.05) is 37.3 Å². The van der Waals surface area contributed by atoms with Crippen LogP contribution in [0.1, 0.15) is 25.3 Å². The highest BCUT2D eigenvalue weighted by Gasteiger charge is 2.22. The number of methoxy groups -OCH3 is 1. The van der Waals surface area contributed by atoms with Gasteiger partial charge >= 0.3 is 6.09 Å². The molecule has 0 bridgehead atoms. The van der Waals surface area contributed by atoms with Crippen molar-refractivity contribution in [3.63, 3.8) is 0 Å². The van der Waals surface area contributed by atoms with Gasteiger partial charge in [0.25, 0.3) is 0 Å². The highest BCUT2D eigenvalue weighted by Crippen LogP contribution is 2.13. The molecule has 0 aromatic heterocycles. The van der Waals surface area contributed by atoms with E-state index in [1.807, 2.05) is 0 Å². The van der Waals surface area contributed by atoms with Crippen molar-refractivity contribution in [1.29, 1.82) is 0 Å². The third-order valence-electron chi connectivity index (χ3n) is 4.11. The van der Waals surface area contributed by atoms with Crippen LogP contribution < -0.4 is 5.32 Å². The van der Waals surface area contributed by atoms with Gasteiger partial charge in [0, 0.05) is 19.1 Å². The average Bonchev–Trinajstić information content (AvgIpc) is 2.53. The largest absolute Gasteiger partial charge is 0.453 e. The molecule has 1 fully saturated rings. The van der Waals surface area contributed by atoms with Gasteiger partial charge in [0.05, 0.1) is 7.11 Å². The number of piperidine rings is 1. The second-order valence-corrected chi connectivity index (χ2v) is 5.93. The Bertz CT molecular complexity index is 428. The Morgan fingerprint density at radius 3 is 2.62 bits per heavy atom. The number of carbonyl (C=O) groups is 1. The number of nitrogens with one attached hydrogen (secondary N) is 1. The third-order valence-corrected chi connectivity index (χ3v) is 4.11. The Labute approximate surface area is 127 Å². The van der Waals surface area contributed by atoms with Gasteiger partial charge < -0.3 is 15.0 Å². The molecule has 1 saturated heterocycles. The van der Waals surface area contributed by atoms with Crippen LogP contribution in [0.25, 0.3) is 0 Å². The van der Waals surface area contributed by atoms with E-state index in [4.69, 9.17) is 4.74 Å². The van der Waals surface area contributed by atoms with Crippen molar-refractivity contribution >= 4 is 6.09 Å². The van der Waals surface area contributed by atoms with E-state index in [2.05, 4.69) is 42.6 Å². The second kappa shape index (κ2) is 8.03. The predicted octanol–water partition coefficient (Wildman–Crippen LogP) is 2.69. The summed E-state index contributed by atoms with van der Waals surface area (Å²) in [5, 5.41) is 3.64. The average molecular weight is 290 g/mol. The minimum absolute atomic E-state index is 0.203. The Hall–Kier alpha value is -1.55. The molecule has 1 aliphatic rings. The number of likely N-dealkylation sites (tertiary alicyclic amines) is 1. The molecule has 0 radical (unpaired) electrons. The van der Waals surface area contributed by atoms with Gasteiger partial charge in [-0.2, -0.15) is 0 Å². The van der Waals surface area contributed by atoms with Crippen molar-refractivity contribution in [3.8, 4) is 0 Å². The molecular weight excluding hydrogens is 264 g/mol. The minimum Gasteiger partial charge on any atom is -0.453 e. The van der Waals surface area contributed by atoms with Crippen LogP contribution in [0, 0.1) is 5.92 Å². The van der Waals surface area contributed by atoms with Gasteiger partial charge in [-0.15, -0.1) is 0 Å². The summed E-state index contributed by atoms with van der Waals surface area (Å²) in [6.07, 6.45) is 2.92. The number of benzene rings is 1. The maximum atomic E-state index is 11.4. The van der Waals surface area contributed by atoms with Crippen LogP contribution in [0.3, 0.4) is 0 Å². The maximum Gasteiger partial charge on any atom is 0.409 e. The first-order valence-electron chi connectivity index (χ1n) is 7.79. The van der Waals surface area contributed by atoms with Crippen molar-refractivity contribution in [3.05, 3.63) is 35.9 Å². The summed E-state index contributed by atoms with van der Waals surface area (Å²) in [5.41, 5.74) is 1.40. The lowest BCUT2D eigenvalue weighted by molar-refractivity contribution is 0.109. The van der Waals surface area contributed by atoms with Gasteiger partial charge in [0.2, 0.25) is 0 Å². The maximum absolute atomic E-state index is 11.4. The zero-order valence-corrected chi connectivity index (χ0v) is 13.0. The van der Waals surface area contributed by atoms with Gasteiger partial charge in [-0.25, -0.2) is 4.79 Å². The standard InChI is InChI=1S/C17H26N2O2/c1-14(12-15-6-4-3-5-7-15)13-18-16-8-10-19(11-9-16)17(20)21-2/h3-7,14,16,18H,8-13H2,1-2H3/t14-/m1/s1. The van der Waals surface area contributed by atoms with Crippen molar-refractivity contribution in [2.75, 3.05) is 26.7 Å². The van der Waals surface area contributed by atoms with Crippen molar-refractivity contribution in [2.24, 2.45) is 5.92 Å². The molecule has 0 aliphatic carbocycles. The Balaban J connectivity index is 1.66. The summed E-state index contributed by atoms with van der Waals surface area (Å²) < 4.78 is 4.76. The van der Waals surface area contributed by atoms with E-state index in [1.165, 1.54) is 12.7 Å². The summed E-state index contributed by atoms with van der Waals surface area (Å²) >= 11 is 0. The normalized spacial score (nSPS) is 17.5. The van der Waals surface area contributed by atoms with Crippen molar-refractivity contribution in [1.82, 2.24) is 10.2 Å². The zero-order chi connectivity index (χ0) is 15.1. The highest BCUT2D eigenvalue weighted by molar-refractivity contribution is 5.67. The first-order valence-corrected chi connectivity index (χ1v) is 7.79. The molecular formula is C17H26N2O2. The van der Waals surface area contributed by atoms with E-state index >= 15 is 0 Å². The summed E-state index contributed by atoms with van der Waals surface area (Å²) in [6, 6.07) is 11.1. The molecule has 116 valence electrons. The Morgan fingerprint density at radius 2 is 2.00 bits per heavy atom. The van der Waals surface area contributed by atoms with Crippen LogP contribution in [-0.2, 0) is 11.2 Å². The van der Waals surface area contributed by atoms with Crippen molar-refractivity contribution in [2.45, 2.75) is 32.2 Å². The van der Waals surface area contributed by atoms with E-state index in [9.17, 15) is 4.79 Å². The fourth-order valence-corrected chi connectivity index (χ4v) is 2.85. The number of hydrogen-bond acceptors (Lipinski definition) is 3. The lowest BCUT2D eigenvalue weighted by atomic mass is 9.99. The van der Waals surface area contributed by atoms with Crippen LogP contribution in [0.2, 0.25) is 0 Å². The first-order chi connectivity index (χ1) is 10.2. The smallest absolute Gasteiger partial charge is 0.409 e. The SMILES string of the molecule is COC(=O)N1CCC(NC[C@H](C)Cc2ccccc2)CC1. The highest BCUT2D eigenvalue weighted by atomic mass is 16.5. The Kier molecular flexibility index (Phi) is 6.05. The summed E-state index contributed by atoms with van der Waals surface area (Å²) in [7, 11) is 1.44. The van der Waals surface area contributed by atoms with Crippen LogP contribution in [0.5, 0.6) is 0 Å². The molecule has 1 aromatic carbocycles. The molecule has 0 unspecified atom stereocenters. The molecule has 1 atom stereocenters. The zero-order valence-electron chi connectivity index (χ0n) is 13.0. The molecule has 4 nitrogen and oxygen atoms in total. The fraction of sp³-hybridized carbons (Fsp3) is 0.588. The van der Waals surface area contributed by atoms with E-state index in [0.717, 1.165) is 38.9 Å².